The summed E-state index contributed by atoms with van der Waals surface area (Å²) in [7, 11) is 4.32. The van der Waals surface area contributed by atoms with Crippen molar-refractivity contribution in [1.29, 1.82) is 0 Å². The Kier molecular flexibility index (Phi) is 17.0. The number of hydrogen-bond donors (Lipinski definition) is 2. The highest BCUT2D eigenvalue weighted by molar-refractivity contribution is 5.79. The van der Waals surface area contributed by atoms with Gasteiger partial charge in [0.15, 0.2) is 0 Å². The van der Waals surface area contributed by atoms with Crippen LogP contribution in [-0.4, -0.2) is 53.7 Å². The fraction of sp³-hybridized carbons (Fsp3) is 0.867. The molecule has 6 heteroatoms. The van der Waals surface area contributed by atoms with Gasteiger partial charge >= 0.3 is 5.97 Å². The number of rotatable bonds is 14. The highest BCUT2D eigenvalue weighted by Crippen LogP contribution is 2.38. The third-order valence-corrected chi connectivity index (χ3v) is 8.74. The number of carbonyl (C=O) groups is 2. The molecule has 0 aromatic carbocycles. The van der Waals surface area contributed by atoms with Gasteiger partial charge in [0.05, 0.1) is 20.1 Å². The van der Waals surface area contributed by atoms with Gasteiger partial charge in [-0.25, -0.2) is 4.79 Å². The summed E-state index contributed by atoms with van der Waals surface area (Å²) in [4.78, 5) is 23.5. The SMILES string of the molecule is C[N+]1(C)C(CCCN)CCCCCCCCCCCC1(CCCCCCCCC=CC(=O)O)C(=O)[O-]. The van der Waals surface area contributed by atoms with E-state index in [2.05, 4.69) is 14.1 Å². The Bertz CT molecular complexity index is 634. The Hall–Kier alpha value is -1.40. The largest absolute Gasteiger partial charge is 0.544 e. The lowest BCUT2D eigenvalue weighted by Gasteiger charge is -2.54. The van der Waals surface area contributed by atoms with E-state index >= 15 is 0 Å². The van der Waals surface area contributed by atoms with Crippen molar-refractivity contribution in [2.45, 2.75) is 146 Å². The zero-order chi connectivity index (χ0) is 26.7. The second kappa shape index (κ2) is 18.8. The molecule has 2 unspecified atom stereocenters. The lowest BCUT2D eigenvalue weighted by atomic mass is 9.80. The fourth-order valence-electron chi connectivity index (χ4n) is 6.24. The fourth-order valence-corrected chi connectivity index (χ4v) is 6.24. The Morgan fingerprint density at radius 3 is 2.03 bits per heavy atom. The van der Waals surface area contributed by atoms with Gasteiger partial charge in [-0.15, -0.1) is 0 Å². The monoisotopic (exact) mass is 508 g/mol. The van der Waals surface area contributed by atoms with E-state index in [1.54, 1.807) is 6.08 Å². The van der Waals surface area contributed by atoms with Crippen LogP contribution in [0.25, 0.3) is 0 Å². The first kappa shape index (κ1) is 32.6. The van der Waals surface area contributed by atoms with E-state index in [0.29, 0.717) is 29.9 Å². The summed E-state index contributed by atoms with van der Waals surface area (Å²) in [6.45, 7) is 0.654. The Morgan fingerprint density at radius 1 is 0.889 bits per heavy atom. The molecule has 0 bridgehead atoms. The maximum absolute atomic E-state index is 13.0. The number of quaternary nitrogens is 1. The molecule has 0 aliphatic carbocycles. The molecule has 0 spiro atoms. The quantitative estimate of drug-likeness (QED) is 0.177. The van der Waals surface area contributed by atoms with Crippen molar-refractivity contribution in [2.75, 3.05) is 20.6 Å². The molecule has 1 fully saturated rings. The van der Waals surface area contributed by atoms with Gasteiger partial charge in [-0.05, 0) is 51.5 Å². The molecule has 36 heavy (non-hydrogen) atoms. The smallest absolute Gasteiger partial charge is 0.327 e. The van der Waals surface area contributed by atoms with E-state index < -0.39 is 17.5 Å². The molecule has 0 saturated carbocycles. The Labute approximate surface area is 221 Å². The summed E-state index contributed by atoms with van der Waals surface area (Å²) in [5.41, 5.74) is 5.04. The number of unbranched alkanes of at least 4 members (excludes halogenated alkanes) is 6. The maximum atomic E-state index is 13.0. The van der Waals surface area contributed by atoms with Crippen LogP contribution in [0.2, 0.25) is 0 Å². The number of likely N-dealkylation sites (N-methyl/N-ethyl adjacent to an activating group) is 1. The zero-order valence-electron chi connectivity index (χ0n) is 23.5. The van der Waals surface area contributed by atoms with Crippen LogP contribution in [0.3, 0.4) is 0 Å². The molecular formula is C30H56N2O4. The summed E-state index contributed by atoms with van der Waals surface area (Å²) < 4.78 is 0.519. The molecule has 1 rings (SSSR count). The van der Waals surface area contributed by atoms with E-state index in [-0.39, 0.29) is 0 Å². The van der Waals surface area contributed by atoms with E-state index in [1.165, 1.54) is 51.0 Å². The van der Waals surface area contributed by atoms with E-state index in [9.17, 15) is 14.7 Å². The van der Waals surface area contributed by atoms with Crippen LogP contribution in [0.5, 0.6) is 0 Å². The third-order valence-electron chi connectivity index (χ3n) is 8.74. The molecule has 2 atom stereocenters. The van der Waals surface area contributed by atoms with Crippen LogP contribution in [0, 0.1) is 0 Å². The van der Waals surface area contributed by atoms with Crippen molar-refractivity contribution in [3.05, 3.63) is 12.2 Å². The number of allylic oxidation sites excluding steroid dienone is 1. The minimum Gasteiger partial charge on any atom is -0.544 e. The number of hydrogen-bond acceptors (Lipinski definition) is 4. The molecule has 3 N–H and O–H groups in total. The molecule has 1 saturated heterocycles. The summed E-state index contributed by atoms with van der Waals surface area (Å²) in [6, 6.07) is 0.299. The van der Waals surface area contributed by atoms with Crippen molar-refractivity contribution in [1.82, 2.24) is 0 Å². The highest BCUT2D eigenvalue weighted by atomic mass is 16.4. The van der Waals surface area contributed by atoms with Gasteiger partial charge in [-0.1, -0.05) is 76.7 Å². The van der Waals surface area contributed by atoms with Gasteiger partial charge in [0.2, 0.25) is 0 Å². The van der Waals surface area contributed by atoms with Gasteiger partial charge in [-0.3, -0.25) is 0 Å². The normalized spacial score (nSPS) is 24.4. The molecule has 0 radical (unpaired) electrons. The van der Waals surface area contributed by atoms with Crippen LogP contribution in [-0.2, 0) is 9.59 Å². The van der Waals surface area contributed by atoms with Crippen molar-refractivity contribution >= 4 is 11.9 Å². The number of carbonyl (C=O) groups excluding carboxylic acids is 1. The van der Waals surface area contributed by atoms with Gasteiger partial charge in [-0.2, -0.15) is 0 Å². The minimum atomic E-state index is -0.888. The van der Waals surface area contributed by atoms with Gasteiger partial charge in [0.25, 0.3) is 0 Å². The Morgan fingerprint density at radius 2 is 1.44 bits per heavy atom. The van der Waals surface area contributed by atoms with E-state index in [0.717, 1.165) is 77.0 Å². The van der Waals surface area contributed by atoms with E-state index in [1.807, 2.05) is 0 Å². The summed E-state index contributed by atoms with van der Waals surface area (Å²) in [5.74, 6) is -1.75. The third kappa shape index (κ3) is 11.8. The average molecular weight is 509 g/mol. The zero-order valence-corrected chi connectivity index (χ0v) is 23.5. The summed E-state index contributed by atoms with van der Waals surface area (Å²) in [5, 5.41) is 21.6. The van der Waals surface area contributed by atoms with Crippen molar-refractivity contribution in [2.24, 2.45) is 5.73 Å². The molecule has 1 aliphatic heterocycles. The first-order chi connectivity index (χ1) is 17.3. The molecule has 0 aromatic heterocycles. The number of nitrogens with two attached hydrogens (primary N) is 1. The first-order valence-corrected chi connectivity index (χ1v) is 14.9. The highest BCUT2D eigenvalue weighted by Gasteiger charge is 2.49. The molecule has 210 valence electrons. The number of aliphatic carboxylic acids is 2. The van der Waals surface area contributed by atoms with Crippen molar-refractivity contribution in [3.8, 4) is 0 Å². The minimum absolute atomic E-state index is 0.299. The maximum Gasteiger partial charge on any atom is 0.327 e. The van der Waals surface area contributed by atoms with Crippen LogP contribution in [0.4, 0.5) is 0 Å². The standard InChI is InChI=1S/C30H56N2O4/c1-32(2)27(22-20-26-31)21-16-12-8-4-3-6-10-14-18-24-30(32,29(35)36)25-19-15-11-7-5-9-13-17-23-28(33)34/h17,23,27H,3-16,18-22,24-26,31H2,1-2H3,(H-,33,34,35,36). The number of carboxylic acids is 2. The molecule has 1 aliphatic rings. The lowest BCUT2D eigenvalue weighted by molar-refractivity contribution is -0.958. The Balaban J connectivity index is 2.83. The predicted octanol–water partition coefficient (Wildman–Crippen LogP) is 5.73. The molecule has 1 heterocycles. The molecular weight excluding hydrogens is 452 g/mol. The van der Waals surface area contributed by atoms with Crippen LogP contribution >= 0.6 is 0 Å². The number of nitrogens with zero attached hydrogens (tertiary/aromatic N) is 1. The summed E-state index contributed by atoms with van der Waals surface area (Å²) in [6.07, 6.45) is 25.2. The average Bonchev–Trinajstić information content (AvgIpc) is 2.82. The first-order valence-electron chi connectivity index (χ1n) is 14.9. The van der Waals surface area contributed by atoms with Gasteiger partial charge < -0.3 is 25.2 Å². The van der Waals surface area contributed by atoms with Gasteiger partial charge in [0, 0.05) is 25.3 Å². The number of carboxylic acid groups (broad SMARTS) is 2. The topological polar surface area (TPSA) is 103 Å². The second-order valence-corrected chi connectivity index (χ2v) is 11.6. The van der Waals surface area contributed by atoms with Crippen molar-refractivity contribution in [3.63, 3.8) is 0 Å². The van der Waals surface area contributed by atoms with E-state index in [4.69, 9.17) is 10.8 Å². The van der Waals surface area contributed by atoms with Crippen LogP contribution in [0.1, 0.15) is 135 Å². The van der Waals surface area contributed by atoms with Crippen molar-refractivity contribution < 1.29 is 24.3 Å². The molecule has 6 nitrogen and oxygen atoms in total. The summed E-state index contributed by atoms with van der Waals surface area (Å²) >= 11 is 0. The lowest BCUT2D eigenvalue weighted by Crippen LogP contribution is -2.71. The predicted molar refractivity (Wildman–Crippen MR) is 146 cm³/mol. The van der Waals surface area contributed by atoms with Crippen LogP contribution < -0.4 is 10.8 Å². The van der Waals surface area contributed by atoms with Gasteiger partial charge in [0.1, 0.15) is 11.5 Å². The second-order valence-electron chi connectivity index (χ2n) is 11.6. The molecule has 0 aromatic rings. The molecule has 0 amide bonds. The van der Waals surface area contributed by atoms with Crippen LogP contribution in [0.15, 0.2) is 12.2 Å².